The Balaban J connectivity index is 2.28. The van der Waals surface area contributed by atoms with Crippen LogP contribution < -0.4 is 5.32 Å². The minimum Gasteiger partial charge on any atom is -0.311 e. The summed E-state index contributed by atoms with van der Waals surface area (Å²) in [5.74, 6) is -1.58. The third-order valence-corrected chi connectivity index (χ3v) is 3.49. The van der Waals surface area contributed by atoms with Crippen LogP contribution in [0.1, 0.15) is 29.9 Å². The maximum Gasteiger partial charge on any atom is 0.162 e. The normalized spacial score (nSPS) is 12.7. The zero-order valence-electron chi connectivity index (χ0n) is 12.0. The van der Waals surface area contributed by atoms with E-state index in [2.05, 4.69) is 10.4 Å². The van der Waals surface area contributed by atoms with Crippen molar-refractivity contribution in [3.05, 3.63) is 52.9 Å². The van der Waals surface area contributed by atoms with Crippen molar-refractivity contribution in [2.45, 2.75) is 25.8 Å². The standard InChI is InChI=1S/C15H19F2N3/c1-4-11-9-14(20(3)19-11)13(18-2)8-10-6-5-7-12(16)15(10)17/h5-7,9,13,18H,4,8H2,1-3H3. The summed E-state index contributed by atoms with van der Waals surface area (Å²) in [4.78, 5) is 0. The van der Waals surface area contributed by atoms with E-state index >= 15 is 0 Å². The number of rotatable bonds is 5. The van der Waals surface area contributed by atoms with Gasteiger partial charge in [0.1, 0.15) is 0 Å². The van der Waals surface area contributed by atoms with Crippen LogP contribution in [0.5, 0.6) is 0 Å². The minimum atomic E-state index is -0.809. The van der Waals surface area contributed by atoms with Crippen molar-refractivity contribution in [1.29, 1.82) is 0 Å². The van der Waals surface area contributed by atoms with Gasteiger partial charge in [0.25, 0.3) is 0 Å². The van der Waals surface area contributed by atoms with Crippen LogP contribution in [0.3, 0.4) is 0 Å². The first-order chi connectivity index (χ1) is 9.56. The Labute approximate surface area is 117 Å². The lowest BCUT2D eigenvalue weighted by atomic mass is 10.0. The summed E-state index contributed by atoms with van der Waals surface area (Å²) < 4.78 is 28.8. The van der Waals surface area contributed by atoms with Gasteiger partial charge >= 0.3 is 0 Å². The first-order valence-electron chi connectivity index (χ1n) is 6.69. The van der Waals surface area contributed by atoms with Gasteiger partial charge in [0.2, 0.25) is 0 Å². The van der Waals surface area contributed by atoms with Crippen LogP contribution in [-0.4, -0.2) is 16.8 Å². The molecular weight excluding hydrogens is 260 g/mol. The Kier molecular flexibility index (Phi) is 4.49. The zero-order valence-corrected chi connectivity index (χ0v) is 12.0. The largest absolute Gasteiger partial charge is 0.311 e. The number of likely N-dealkylation sites (N-methyl/N-ethyl adjacent to an activating group) is 1. The van der Waals surface area contributed by atoms with Crippen molar-refractivity contribution in [2.75, 3.05) is 7.05 Å². The van der Waals surface area contributed by atoms with Crippen LogP contribution in [-0.2, 0) is 19.9 Å². The molecule has 3 nitrogen and oxygen atoms in total. The molecule has 1 N–H and O–H groups in total. The molecular formula is C15H19F2N3. The average Bonchev–Trinajstić information content (AvgIpc) is 2.82. The van der Waals surface area contributed by atoms with Crippen molar-refractivity contribution >= 4 is 0 Å². The number of nitrogens with zero attached hydrogens (tertiary/aromatic N) is 2. The predicted octanol–water partition coefficient (Wildman–Crippen LogP) is 2.76. The fraction of sp³-hybridized carbons (Fsp3) is 0.400. The van der Waals surface area contributed by atoms with E-state index in [1.165, 1.54) is 6.07 Å². The monoisotopic (exact) mass is 279 g/mol. The highest BCUT2D eigenvalue weighted by molar-refractivity contribution is 5.23. The molecule has 1 unspecified atom stereocenters. The Bertz CT molecular complexity index is 593. The van der Waals surface area contributed by atoms with Gasteiger partial charge in [0.15, 0.2) is 11.6 Å². The minimum absolute atomic E-state index is 0.107. The highest BCUT2D eigenvalue weighted by Gasteiger charge is 2.18. The lowest BCUT2D eigenvalue weighted by Gasteiger charge is -2.17. The molecule has 20 heavy (non-hydrogen) atoms. The van der Waals surface area contributed by atoms with E-state index in [1.807, 2.05) is 20.0 Å². The second-order valence-electron chi connectivity index (χ2n) is 4.80. The molecule has 0 saturated carbocycles. The molecule has 0 aliphatic rings. The van der Waals surface area contributed by atoms with Crippen LogP contribution in [0.15, 0.2) is 24.3 Å². The van der Waals surface area contributed by atoms with Crippen LogP contribution >= 0.6 is 0 Å². The van der Waals surface area contributed by atoms with Gasteiger partial charge in [-0.3, -0.25) is 4.68 Å². The SMILES string of the molecule is CCc1cc(C(Cc2cccc(F)c2F)NC)n(C)n1. The van der Waals surface area contributed by atoms with E-state index in [0.29, 0.717) is 12.0 Å². The Morgan fingerprint density at radius 2 is 2.10 bits per heavy atom. The van der Waals surface area contributed by atoms with Crippen LogP contribution in [0.25, 0.3) is 0 Å². The fourth-order valence-corrected chi connectivity index (χ4v) is 2.32. The summed E-state index contributed by atoms with van der Waals surface area (Å²) in [7, 11) is 3.67. The van der Waals surface area contributed by atoms with Crippen molar-refractivity contribution in [2.24, 2.45) is 7.05 Å². The highest BCUT2D eigenvalue weighted by Crippen LogP contribution is 2.21. The lowest BCUT2D eigenvalue weighted by Crippen LogP contribution is -2.22. The van der Waals surface area contributed by atoms with Gasteiger partial charge in [-0.2, -0.15) is 5.10 Å². The fourth-order valence-electron chi connectivity index (χ4n) is 2.32. The number of aryl methyl sites for hydroxylation is 2. The molecule has 0 aliphatic heterocycles. The molecule has 5 heteroatoms. The predicted molar refractivity (Wildman–Crippen MR) is 74.4 cm³/mol. The third-order valence-electron chi connectivity index (χ3n) is 3.49. The molecule has 2 aromatic rings. The maximum atomic E-state index is 13.8. The molecule has 1 atom stereocenters. The Morgan fingerprint density at radius 1 is 1.35 bits per heavy atom. The van der Waals surface area contributed by atoms with Crippen LogP contribution in [0, 0.1) is 11.6 Å². The Hall–Kier alpha value is -1.75. The molecule has 1 aromatic heterocycles. The molecule has 108 valence electrons. The second kappa shape index (κ2) is 6.13. The highest BCUT2D eigenvalue weighted by atomic mass is 19.2. The third kappa shape index (κ3) is 2.88. The number of hydrogen-bond donors (Lipinski definition) is 1. The molecule has 1 heterocycles. The van der Waals surface area contributed by atoms with E-state index in [0.717, 1.165) is 23.9 Å². The van der Waals surface area contributed by atoms with Crippen molar-refractivity contribution in [3.63, 3.8) is 0 Å². The molecule has 1 aromatic carbocycles. The number of halogens is 2. The van der Waals surface area contributed by atoms with Gasteiger partial charge in [-0.1, -0.05) is 19.1 Å². The van der Waals surface area contributed by atoms with E-state index in [4.69, 9.17) is 0 Å². The van der Waals surface area contributed by atoms with Gasteiger partial charge in [0.05, 0.1) is 17.4 Å². The van der Waals surface area contributed by atoms with Crippen LogP contribution in [0.4, 0.5) is 8.78 Å². The quantitative estimate of drug-likeness (QED) is 0.912. The lowest BCUT2D eigenvalue weighted by molar-refractivity contribution is 0.479. The first-order valence-corrected chi connectivity index (χ1v) is 6.69. The number of benzene rings is 1. The van der Waals surface area contributed by atoms with Gasteiger partial charge < -0.3 is 5.32 Å². The summed E-state index contributed by atoms with van der Waals surface area (Å²) in [6.07, 6.45) is 1.22. The van der Waals surface area contributed by atoms with Crippen molar-refractivity contribution in [3.8, 4) is 0 Å². The van der Waals surface area contributed by atoms with Gasteiger partial charge in [-0.15, -0.1) is 0 Å². The van der Waals surface area contributed by atoms with Crippen molar-refractivity contribution in [1.82, 2.24) is 15.1 Å². The molecule has 0 saturated heterocycles. The molecule has 0 bridgehead atoms. The van der Waals surface area contributed by atoms with Gasteiger partial charge in [-0.25, -0.2) is 8.78 Å². The van der Waals surface area contributed by atoms with E-state index in [9.17, 15) is 8.78 Å². The molecule has 0 spiro atoms. The molecule has 2 rings (SSSR count). The van der Waals surface area contributed by atoms with Gasteiger partial charge in [-0.05, 0) is 37.6 Å². The molecule has 0 radical (unpaired) electrons. The topological polar surface area (TPSA) is 29.9 Å². The van der Waals surface area contributed by atoms with E-state index in [1.54, 1.807) is 17.8 Å². The maximum absolute atomic E-state index is 13.8. The first kappa shape index (κ1) is 14.7. The van der Waals surface area contributed by atoms with E-state index in [-0.39, 0.29) is 6.04 Å². The number of hydrogen-bond acceptors (Lipinski definition) is 2. The van der Waals surface area contributed by atoms with Crippen molar-refractivity contribution < 1.29 is 8.78 Å². The number of nitrogens with one attached hydrogen (secondary N) is 1. The van der Waals surface area contributed by atoms with Gasteiger partial charge in [0, 0.05) is 7.05 Å². The average molecular weight is 279 g/mol. The summed E-state index contributed by atoms with van der Waals surface area (Å²) in [6.45, 7) is 2.03. The second-order valence-corrected chi connectivity index (χ2v) is 4.80. The Morgan fingerprint density at radius 3 is 2.70 bits per heavy atom. The number of aromatic nitrogens is 2. The molecule has 0 aliphatic carbocycles. The summed E-state index contributed by atoms with van der Waals surface area (Å²) in [5.41, 5.74) is 2.32. The zero-order chi connectivity index (χ0) is 14.7. The summed E-state index contributed by atoms with van der Waals surface area (Å²) in [5, 5.41) is 7.53. The molecule has 0 fully saturated rings. The summed E-state index contributed by atoms with van der Waals surface area (Å²) in [6, 6.07) is 6.16. The van der Waals surface area contributed by atoms with Crippen LogP contribution in [0.2, 0.25) is 0 Å². The van der Waals surface area contributed by atoms with E-state index < -0.39 is 11.6 Å². The summed E-state index contributed by atoms with van der Waals surface area (Å²) >= 11 is 0. The smallest absolute Gasteiger partial charge is 0.162 e. The molecule has 0 amide bonds.